The summed E-state index contributed by atoms with van der Waals surface area (Å²) in [6.07, 6.45) is 0. The molecular weight excluding hydrogens is 865 g/mol. The van der Waals surface area contributed by atoms with Gasteiger partial charge in [0.05, 0.1) is 50.3 Å². The Labute approximate surface area is 396 Å². The van der Waals surface area contributed by atoms with Gasteiger partial charge >= 0.3 is 0 Å². The minimum Gasteiger partial charge on any atom is -0.318 e. The lowest BCUT2D eigenvalue weighted by molar-refractivity contribution is 1.14. The molecule has 11 aromatic carbocycles. The summed E-state index contributed by atoms with van der Waals surface area (Å²) in [5, 5.41) is 26.3. The molecule has 4 heterocycles. The van der Waals surface area contributed by atoms with E-state index in [0.29, 0.717) is 16.8 Å². The number of nitrogens with zero attached hydrogens (tertiary/aromatic N) is 4. The largest absolute Gasteiger partial charge is 0.318 e. The molecule has 15 aromatic rings. The van der Waals surface area contributed by atoms with Crippen LogP contribution in [0.1, 0.15) is 5.56 Å². The zero-order valence-electron chi connectivity index (χ0n) is 36.1. The van der Waals surface area contributed by atoms with Crippen molar-refractivity contribution in [2.75, 3.05) is 0 Å². The van der Waals surface area contributed by atoms with E-state index < -0.39 is 0 Å². The van der Waals surface area contributed by atoms with Crippen LogP contribution < -0.4 is 0 Å². The summed E-state index contributed by atoms with van der Waals surface area (Å²) in [7, 11) is 0. The molecule has 0 aliphatic heterocycles. The third-order valence-electron chi connectivity index (χ3n) is 14.3. The summed E-state index contributed by atoms with van der Waals surface area (Å²) in [5.41, 5.74) is 9.66. The maximum Gasteiger partial charge on any atom is 0.220 e. The van der Waals surface area contributed by atoms with Gasteiger partial charge in [-0.3, -0.25) is 0 Å². The summed E-state index contributed by atoms with van der Waals surface area (Å²) in [6.45, 7) is 9.35. The van der Waals surface area contributed by atoms with Crippen molar-refractivity contribution in [1.82, 2.24) is 9.13 Å². The highest BCUT2D eigenvalue weighted by molar-refractivity contribution is 7.27. The molecule has 0 N–H and O–H groups in total. The molecule has 0 radical (unpaired) electrons. The standard InChI is InChI=1S/C62H32N4S2/c1-64-57-52(35-16-4-2-5-17-35)46(34-63)58(53(36-18-6-3-7-19-36)60(57)65-47-26-14-24-41-37-20-8-9-21-38(37)42-25-15-27-48(65)55(42)54(41)47)66-49-33-32-43-39-22-10-12-28-50(39)67-61(43)56(49)45-31-30-44-40-23-11-13-29-51(40)68-62(44)59(45)66/h2-33H. The quantitative estimate of drug-likeness (QED) is 0.128. The summed E-state index contributed by atoms with van der Waals surface area (Å²) in [4.78, 5) is 4.57. The van der Waals surface area contributed by atoms with Gasteiger partial charge < -0.3 is 9.13 Å². The van der Waals surface area contributed by atoms with Crippen molar-refractivity contribution in [3.8, 4) is 39.7 Å². The van der Waals surface area contributed by atoms with Crippen molar-refractivity contribution in [3.63, 3.8) is 0 Å². The summed E-state index contributed by atoms with van der Waals surface area (Å²) < 4.78 is 9.58. The summed E-state index contributed by atoms with van der Waals surface area (Å²) >= 11 is 3.63. The molecule has 0 amide bonds. The van der Waals surface area contributed by atoms with Gasteiger partial charge in [-0.25, -0.2) is 4.85 Å². The molecule has 0 bridgehead atoms. The fourth-order valence-electron chi connectivity index (χ4n) is 11.7. The Morgan fingerprint density at radius 2 is 0.882 bits per heavy atom. The van der Waals surface area contributed by atoms with E-state index in [4.69, 9.17) is 0 Å². The molecule has 68 heavy (non-hydrogen) atoms. The molecule has 0 atom stereocenters. The SMILES string of the molecule is [C-]#[N+]c1c(-c2ccccc2)c(C#N)c(-n2c3ccc4c5ccccc5sc4c3c3ccc4c5ccccc5sc4c32)c(-c2ccccc2)c1-n1c2cccc3c4ccccc4c4cccc1c4c32. The molecule has 0 aliphatic rings. The molecule has 0 saturated heterocycles. The maximum absolute atomic E-state index is 12.1. The zero-order chi connectivity index (χ0) is 44.8. The number of hydrogen-bond donors (Lipinski definition) is 0. The second kappa shape index (κ2) is 13.9. The summed E-state index contributed by atoms with van der Waals surface area (Å²) in [5.74, 6) is 0. The van der Waals surface area contributed by atoms with Crippen LogP contribution in [0.5, 0.6) is 0 Å². The van der Waals surface area contributed by atoms with E-state index in [1.165, 1.54) is 57.2 Å². The van der Waals surface area contributed by atoms with Gasteiger partial charge in [0, 0.05) is 68.3 Å². The highest BCUT2D eigenvalue weighted by Crippen LogP contribution is 2.55. The third-order valence-corrected chi connectivity index (χ3v) is 16.7. The van der Waals surface area contributed by atoms with Crippen LogP contribution in [-0.4, -0.2) is 9.13 Å². The first-order valence-electron chi connectivity index (χ1n) is 22.7. The topological polar surface area (TPSA) is 38.0 Å². The average molecular weight is 897 g/mol. The van der Waals surface area contributed by atoms with E-state index in [9.17, 15) is 11.8 Å². The minimum absolute atomic E-state index is 0.432. The molecule has 15 rings (SSSR count). The van der Waals surface area contributed by atoms with E-state index >= 15 is 0 Å². The van der Waals surface area contributed by atoms with Crippen molar-refractivity contribution in [2.24, 2.45) is 0 Å². The van der Waals surface area contributed by atoms with Gasteiger partial charge in [0.1, 0.15) is 6.07 Å². The molecule has 0 unspecified atom stereocenters. The van der Waals surface area contributed by atoms with Crippen molar-refractivity contribution in [2.45, 2.75) is 0 Å². The molecule has 0 fully saturated rings. The van der Waals surface area contributed by atoms with Crippen molar-refractivity contribution >= 4 is 134 Å². The van der Waals surface area contributed by atoms with E-state index in [-0.39, 0.29) is 0 Å². The van der Waals surface area contributed by atoms with Crippen molar-refractivity contribution in [3.05, 3.63) is 211 Å². The molecule has 4 aromatic heterocycles. The predicted molar refractivity (Wildman–Crippen MR) is 289 cm³/mol. The van der Waals surface area contributed by atoms with Gasteiger partial charge in [-0.15, -0.1) is 22.7 Å². The lowest BCUT2D eigenvalue weighted by atomic mass is 9.88. The fourth-order valence-corrected chi connectivity index (χ4v) is 14.2. The number of benzene rings is 11. The Morgan fingerprint density at radius 1 is 0.397 bits per heavy atom. The molecule has 0 aliphatic carbocycles. The van der Waals surface area contributed by atoms with Crippen LogP contribution in [0.2, 0.25) is 0 Å². The normalized spacial score (nSPS) is 12.1. The van der Waals surface area contributed by atoms with Crippen LogP contribution in [0.3, 0.4) is 0 Å². The van der Waals surface area contributed by atoms with Gasteiger partial charge in [-0.05, 0) is 63.0 Å². The number of aromatic nitrogens is 2. The van der Waals surface area contributed by atoms with E-state index in [1.54, 1.807) is 11.3 Å². The van der Waals surface area contributed by atoms with E-state index in [1.807, 2.05) is 47.7 Å². The van der Waals surface area contributed by atoms with Gasteiger partial charge in [-0.2, -0.15) is 5.26 Å². The number of nitriles is 1. The Balaban J connectivity index is 1.25. The van der Waals surface area contributed by atoms with Crippen LogP contribution in [-0.2, 0) is 0 Å². The number of hydrogen-bond acceptors (Lipinski definition) is 3. The van der Waals surface area contributed by atoms with Crippen LogP contribution in [0, 0.1) is 17.9 Å². The molecule has 0 saturated carbocycles. The lowest BCUT2D eigenvalue weighted by Gasteiger charge is -2.25. The van der Waals surface area contributed by atoms with Gasteiger partial charge in [0.2, 0.25) is 5.69 Å². The molecule has 4 nitrogen and oxygen atoms in total. The molecule has 6 heteroatoms. The first-order valence-corrected chi connectivity index (χ1v) is 24.3. The Bertz CT molecular complexity index is 4660. The van der Waals surface area contributed by atoms with Crippen molar-refractivity contribution < 1.29 is 0 Å². The van der Waals surface area contributed by atoms with Crippen LogP contribution in [0.4, 0.5) is 5.69 Å². The predicted octanol–water partition coefficient (Wildman–Crippen LogP) is 18.1. The van der Waals surface area contributed by atoms with Crippen molar-refractivity contribution in [1.29, 1.82) is 5.26 Å². The van der Waals surface area contributed by atoms with Gasteiger partial charge in [-0.1, -0.05) is 164 Å². The van der Waals surface area contributed by atoms with Gasteiger partial charge in [0.15, 0.2) is 0 Å². The Morgan fingerprint density at radius 3 is 1.49 bits per heavy atom. The Kier molecular flexibility index (Phi) is 7.64. The van der Waals surface area contributed by atoms with Crippen LogP contribution >= 0.6 is 22.7 Å². The van der Waals surface area contributed by atoms with Gasteiger partial charge in [0.25, 0.3) is 0 Å². The van der Waals surface area contributed by atoms with Crippen LogP contribution in [0.25, 0.3) is 144 Å². The lowest BCUT2D eigenvalue weighted by Crippen LogP contribution is -2.08. The molecular formula is C62H32N4S2. The zero-order valence-corrected chi connectivity index (χ0v) is 37.7. The fraction of sp³-hybridized carbons (Fsp3) is 0. The first kappa shape index (κ1) is 37.4. The Hall–Kier alpha value is -8.78. The molecule has 0 spiro atoms. The summed E-state index contributed by atoms with van der Waals surface area (Å²) in [6, 6.07) is 71.8. The van der Waals surface area contributed by atoms with Crippen LogP contribution in [0.15, 0.2) is 194 Å². The first-order chi connectivity index (χ1) is 33.7. The smallest absolute Gasteiger partial charge is 0.220 e. The second-order valence-electron chi connectivity index (χ2n) is 17.6. The van der Waals surface area contributed by atoms with E-state index in [2.05, 4.69) is 178 Å². The number of thiophene rings is 2. The molecule has 312 valence electrons. The number of fused-ring (bicyclic) bond motifs is 14. The number of rotatable bonds is 4. The van der Waals surface area contributed by atoms with E-state index in [0.717, 1.165) is 76.4 Å². The third kappa shape index (κ3) is 4.79. The minimum atomic E-state index is 0.432. The monoisotopic (exact) mass is 896 g/mol. The highest BCUT2D eigenvalue weighted by Gasteiger charge is 2.33. The second-order valence-corrected chi connectivity index (χ2v) is 19.7. The highest BCUT2D eigenvalue weighted by atomic mass is 32.1. The average Bonchev–Trinajstić information content (AvgIpc) is 4.16. The maximum atomic E-state index is 12.1.